The van der Waals surface area contributed by atoms with Crippen LogP contribution >= 0.6 is 0 Å². The van der Waals surface area contributed by atoms with Crippen molar-refractivity contribution < 1.29 is 5.11 Å². The van der Waals surface area contributed by atoms with Gasteiger partial charge in [0.2, 0.25) is 0 Å². The molecule has 3 fully saturated rings. The highest BCUT2D eigenvalue weighted by atomic mass is 16.3. The summed E-state index contributed by atoms with van der Waals surface area (Å²) in [5.74, 6) is 0.399. The second-order valence-corrected chi connectivity index (χ2v) is 7.56. The number of piperidine rings is 2. The van der Waals surface area contributed by atoms with Crippen molar-refractivity contribution in [2.45, 2.75) is 63.0 Å². The normalized spacial score (nSPS) is 37.2. The topological polar surface area (TPSA) is 26.7 Å². The first-order chi connectivity index (χ1) is 10.7. The van der Waals surface area contributed by atoms with E-state index in [0.29, 0.717) is 12.0 Å². The number of hydrogen-bond donors (Lipinski definition) is 1. The van der Waals surface area contributed by atoms with E-state index in [1.165, 1.54) is 51.6 Å². The van der Waals surface area contributed by atoms with Gasteiger partial charge >= 0.3 is 0 Å². The third-order valence-corrected chi connectivity index (χ3v) is 6.05. The second kappa shape index (κ2) is 7.31. The molecule has 3 aliphatic rings. The molecule has 0 aromatic heterocycles. The highest BCUT2D eigenvalue weighted by Crippen LogP contribution is 2.41. The molecule has 0 spiro atoms. The van der Waals surface area contributed by atoms with Crippen molar-refractivity contribution >= 4 is 0 Å². The fourth-order valence-corrected chi connectivity index (χ4v) is 4.63. The highest BCUT2D eigenvalue weighted by molar-refractivity contribution is 5.11. The predicted molar refractivity (Wildman–Crippen MR) is 90.9 cm³/mol. The Hall–Kier alpha value is -0.600. The van der Waals surface area contributed by atoms with Gasteiger partial charge in [0.05, 0.1) is 5.60 Å². The van der Waals surface area contributed by atoms with E-state index >= 15 is 0 Å². The molecule has 3 rings (SSSR count). The summed E-state index contributed by atoms with van der Waals surface area (Å²) in [5.41, 5.74) is 2.70. The lowest BCUT2D eigenvalue weighted by Gasteiger charge is -2.50. The van der Waals surface area contributed by atoms with Crippen molar-refractivity contribution in [1.82, 2.24) is 9.80 Å². The van der Waals surface area contributed by atoms with Crippen LogP contribution in [0.2, 0.25) is 0 Å². The van der Waals surface area contributed by atoms with Gasteiger partial charge in [-0.15, -0.1) is 5.73 Å². The molecule has 0 aromatic rings. The maximum Gasteiger partial charge on any atom is 0.0955 e. The summed E-state index contributed by atoms with van der Waals surface area (Å²) in [6, 6.07) is 0.563. The summed E-state index contributed by atoms with van der Waals surface area (Å²) >= 11 is 0. The summed E-state index contributed by atoms with van der Waals surface area (Å²) in [5, 5.41) is 11.1. The fraction of sp³-hybridized carbons (Fsp3) is 0.842. The van der Waals surface area contributed by atoms with Crippen LogP contribution < -0.4 is 0 Å². The first kappa shape index (κ1) is 16.3. The SMILES string of the molecule is CN1CCC(O)(C=C=CCN2CCCCC2)C2CCCCC21. The Kier molecular flexibility index (Phi) is 5.41. The highest BCUT2D eigenvalue weighted by Gasteiger charge is 2.45. The van der Waals surface area contributed by atoms with Crippen LogP contribution in [-0.4, -0.2) is 59.8 Å². The van der Waals surface area contributed by atoms with Crippen molar-refractivity contribution in [2.24, 2.45) is 5.92 Å². The zero-order chi connectivity index (χ0) is 15.4. The lowest BCUT2D eigenvalue weighted by atomic mass is 9.69. The summed E-state index contributed by atoms with van der Waals surface area (Å²) in [6.45, 7) is 4.43. The van der Waals surface area contributed by atoms with Crippen molar-refractivity contribution in [2.75, 3.05) is 33.2 Å². The Bertz CT molecular complexity index is 423. The van der Waals surface area contributed by atoms with Crippen LogP contribution in [0.1, 0.15) is 51.4 Å². The summed E-state index contributed by atoms with van der Waals surface area (Å²) in [7, 11) is 2.22. The van der Waals surface area contributed by atoms with Crippen LogP contribution in [-0.2, 0) is 0 Å². The Morgan fingerprint density at radius 1 is 1.09 bits per heavy atom. The van der Waals surface area contributed by atoms with E-state index in [4.69, 9.17) is 0 Å². The van der Waals surface area contributed by atoms with Gasteiger partial charge in [-0.2, -0.15) is 0 Å². The molecule has 3 heteroatoms. The molecule has 3 atom stereocenters. The Morgan fingerprint density at radius 2 is 1.86 bits per heavy atom. The zero-order valence-corrected chi connectivity index (χ0v) is 14.1. The van der Waals surface area contributed by atoms with E-state index in [-0.39, 0.29) is 0 Å². The number of likely N-dealkylation sites (tertiary alicyclic amines) is 2. The minimum atomic E-state index is -0.629. The van der Waals surface area contributed by atoms with Gasteiger partial charge in [-0.05, 0) is 64.4 Å². The molecule has 2 heterocycles. The standard InChI is InChI=1S/C19H32N2O/c1-20-16-12-19(22,17-9-3-4-10-18(17)20)11-5-8-15-21-13-6-2-7-14-21/h8,11,17-18,22H,2-4,6-7,9-10,12-16H2,1H3. The van der Waals surface area contributed by atoms with Gasteiger partial charge < -0.3 is 10.0 Å². The molecule has 3 unspecified atom stereocenters. The lowest BCUT2D eigenvalue weighted by Crippen LogP contribution is -2.56. The van der Waals surface area contributed by atoms with E-state index < -0.39 is 5.60 Å². The van der Waals surface area contributed by atoms with Crippen LogP contribution in [0.15, 0.2) is 17.9 Å². The van der Waals surface area contributed by atoms with Gasteiger partial charge in [-0.25, -0.2) is 0 Å². The number of nitrogens with zero attached hydrogens (tertiary/aromatic N) is 2. The van der Waals surface area contributed by atoms with E-state index in [9.17, 15) is 5.11 Å². The molecule has 2 aliphatic heterocycles. The Labute approximate surface area is 135 Å². The van der Waals surface area contributed by atoms with Crippen molar-refractivity contribution in [3.63, 3.8) is 0 Å². The first-order valence-electron chi connectivity index (χ1n) is 9.26. The second-order valence-electron chi connectivity index (χ2n) is 7.56. The van der Waals surface area contributed by atoms with Gasteiger partial charge in [0.1, 0.15) is 0 Å². The minimum Gasteiger partial charge on any atom is -0.385 e. The predicted octanol–water partition coefficient (Wildman–Crippen LogP) is 2.81. The third-order valence-electron chi connectivity index (χ3n) is 6.05. The zero-order valence-electron chi connectivity index (χ0n) is 14.1. The Morgan fingerprint density at radius 3 is 2.68 bits per heavy atom. The van der Waals surface area contributed by atoms with Gasteiger partial charge in [0.25, 0.3) is 0 Å². The van der Waals surface area contributed by atoms with Crippen LogP contribution in [0.25, 0.3) is 0 Å². The number of aliphatic hydroxyl groups is 1. The van der Waals surface area contributed by atoms with Gasteiger partial charge in [0, 0.05) is 25.0 Å². The summed E-state index contributed by atoms with van der Waals surface area (Å²) in [4.78, 5) is 4.95. The third kappa shape index (κ3) is 3.65. The molecule has 1 saturated carbocycles. The number of rotatable bonds is 3. The molecule has 1 N–H and O–H groups in total. The molecule has 1 aliphatic carbocycles. The largest absolute Gasteiger partial charge is 0.385 e. The van der Waals surface area contributed by atoms with Crippen LogP contribution in [0.3, 0.4) is 0 Å². The molecule has 0 bridgehead atoms. The van der Waals surface area contributed by atoms with Crippen LogP contribution in [0, 0.1) is 5.92 Å². The molecule has 0 aromatic carbocycles. The quantitative estimate of drug-likeness (QED) is 0.812. The van der Waals surface area contributed by atoms with E-state index in [1.54, 1.807) is 0 Å². The molecular weight excluding hydrogens is 272 g/mol. The van der Waals surface area contributed by atoms with E-state index in [2.05, 4.69) is 28.7 Å². The van der Waals surface area contributed by atoms with E-state index in [0.717, 1.165) is 25.9 Å². The van der Waals surface area contributed by atoms with Gasteiger partial charge in [0.15, 0.2) is 0 Å². The lowest BCUT2D eigenvalue weighted by molar-refractivity contribution is -0.0763. The summed E-state index contributed by atoms with van der Waals surface area (Å²) < 4.78 is 0. The molecule has 22 heavy (non-hydrogen) atoms. The average molecular weight is 304 g/mol. The van der Waals surface area contributed by atoms with Crippen molar-refractivity contribution in [1.29, 1.82) is 0 Å². The van der Waals surface area contributed by atoms with Gasteiger partial charge in [-0.3, -0.25) is 4.90 Å². The maximum absolute atomic E-state index is 11.1. The van der Waals surface area contributed by atoms with Crippen molar-refractivity contribution in [3.8, 4) is 0 Å². The number of hydrogen-bond acceptors (Lipinski definition) is 3. The smallest absolute Gasteiger partial charge is 0.0955 e. The summed E-state index contributed by atoms with van der Waals surface area (Å²) in [6.07, 6.45) is 14.0. The Balaban J connectivity index is 1.62. The fourth-order valence-electron chi connectivity index (χ4n) is 4.63. The first-order valence-corrected chi connectivity index (χ1v) is 9.26. The monoisotopic (exact) mass is 304 g/mol. The molecule has 124 valence electrons. The van der Waals surface area contributed by atoms with Crippen molar-refractivity contribution in [3.05, 3.63) is 17.9 Å². The maximum atomic E-state index is 11.1. The minimum absolute atomic E-state index is 0.399. The molecular formula is C19H32N2O. The molecule has 2 saturated heterocycles. The van der Waals surface area contributed by atoms with Crippen LogP contribution in [0.5, 0.6) is 0 Å². The molecule has 0 radical (unpaired) electrons. The molecule has 0 amide bonds. The molecule has 3 nitrogen and oxygen atoms in total. The average Bonchev–Trinajstić information content (AvgIpc) is 2.57. The number of fused-ring (bicyclic) bond motifs is 1. The van der Waals surface area contributed by atoms with Gasteiger partial charge in [-0.1, -0.05) is 19.3 Å². The van der Waals surface area contributed by atoms with E-state index in [1.807, 2.05) is 6.08 Å². The van der Waals surface area contributed by atoms with Crippen LogP contribution in [0.4, 0.5) is 0 Å².